The molecule has 1 aromatic carbocycles. The molecular weight excluding hydrogens is 326 g/mol. The van der Waals surface area contributed by atoms with Crippen LogP contribution >= 0.6 is 0 Å². The number of carbonyl (C=O) groups is 1. The normalized spacial score (nSPS) is 15.6. The average molecular weight is 349 g/mol. The maximum Gasteiger partial charge on any atom is 0.252 e. The lowest BCUT2D eigenvalue weighted by molar-refractivity contribution is -0.121. The highest BCUT2D eigenvalue weighted by molar-refractivity contribution is 5.78. The summed E-state index contributed by atoms with van der Waals surface area (Å²) in [5.41, 5.74) is 3.03. The Morgan fingerprint density at radius 1 is 1.23 bits per heavy atom. The van der Waals surface area contributed by atoms with Crippen LogP contribution in [0.4, 0.5) is 0 Å². The van der Waals surface area contributed by atoms with Gasteiger partial charge in [-0.25, -0.2) is 9.50 Å². The molecule has 0 aliphatic heterocycles. The fourth-order valence-corrected chi connectivity index (χ4v) is 3.56. The van der Waals surface area contributed by atoms with E-state index in [1.807, 2.05) is 38.1 Å². The van der Waals surface area contributed by atoms with E-state index in [2.05, 4.69) is 32.5 Å². The van der Waals surface area contributed by atoms with Crippen molar-refractivity contribution in [2.45, 2.75) is 45.6 Å². The number of rotatable bonds is 5. The number of hydrogen-bond acceptors (Lipinski definition) is 4. The molecule has 0 saturated heterocycles. The number of carbonyl (C=O) groups excluding carboxylic acids is 1. The number of amides is 1. The van der Waals surface area contributed by atoms with E-state index in [9.17, 15) is 4.79 Å². The molecule has 1 unspecified atom stereocenters. The Kier molecular flexibility index (Phi) is 4.41. The van der Waals surface area contributed by atoms with Gasteiger partial charge in [-0.3, -0.25) is 4.79 Å². The number of nitrogens with zero attached hydrogens (tertiary/aromatic N) is 4. The molecule has 0 spiro atoms. The molecule has 1 amide bonds. The molecule has 1 atom stereocenters. The van der Waals surface area contributed by atoms with Crippen molar-refractivity contribution >= 4 is 11.7 Å². The van der Waals surface area contributed by atoms with Crippen molar-refractivity contribution in [2.75, 3.05) is 0 Å². The van der Waals surface area contributed by atoms with Crippen LogP contribution in [0.5, 0.6) is 0 Å². The van der Waals surface area contributed by atoms with E-state index in [4.69, 9.17) is 0 Å². The number of aryl methyl sites for hydroxylation is 2. The number of fused-ring (bicyclic) bond motifs is 1. The van der Waals surface area contributed by atoms with Gasteiger partial charge in [0.1, 0.15) is 0 Å². The molecule has 0 bridgehead atoms. The van der Waals surface area contributed by atoms with Gasteiger partial charge in [0.15, 0.2) is 5.82 Å². The van der Waals surface area contributed by atoms with Crippen LogP contribution in [-0.2, 0) is 11.2 Å². The fraction of sp³-hybridized carbons (Fsp3) is 0.400. The molecule has 26 heavy (non-hydrogen) atoms. The minimum Gasteiger partial charge on any atom is -0.349 e. The zero-order valence-electron chi connectivity index (χ0n) is 15.1. The summed E-state index contributed by atoms with van der Waals surface area (Å²) in [6.07, 6.45) is 3.73. The van der Waals surface area contributed by atoms with Crippen LogP contribution < -0.4 is 5.32 Å². The zero-order valence-corrected chi connectivity index (χ0v) is 15.1. The van der Waals surface area contributed by atoms with Gasteiger partial charge in [0.05, 0.1) is 12.5 Å². The predicted octanol–water partition coefficient (Wildman–Crippen LogP) is 2.94. The van der Waals surface area contributed by atoms with E-state index < -0.39 is 0 Å². The minimum absolute atomic E-state index is 0.0453. The summed E-state index contributed by atoms with van der Waals surface area (Å²) < 4.78 is 1.69. The zero-order chi connectivity index (χ0) is 18.1. The van der Waals surface area contributed by atoms with E-state index in [1.165, 1.54) is 12.0 Å². The van der Waals surface area contributed by atoms with Gasteiger partial charge in [-0.2, -0.15) is 4.98 Å². The molecular formula is C20H23N5O. The van der Waals surface area contributed by atoms with Gasteiger partial charge < -0.3 is 5.32 Å². The highest BCUT2D eigenvalue weighted by Crippen LogP contribution is 2.37. The summed E-state index contributed by atoms with van der Waals surface area (Å²) >= 11 is 0. The second-order valence-corrected chi connectivity index (χ2v) is 7.10. The van der Waals surface area contributed by atoms with Crippen LogP contribution in [-0.4, -0.2) is 25.5 Å². The van der Waals surface area contributed by atoms with Gasteiger partial charge in [0, 0.05) is 11.4 Å². The number of hydrogen-bond donors (Lipinski definition) is 1. The largest absolute Gasteiger partial charge is 0.349 e. The summed E-state index contributed by atoms with van der Waals surface area (Å²) in [7, 11) is 0. The molecule has 6 heteroatoms. The van der Waals surface area contributed by atoms with Gasteiger partial charge in [0.2, 0.25) is 5.91 Å². The van der Waals surface area contributed by atoms with Crippen molar-refractivity contribution in [1.29, 1.82) is 0 Å². The van der Waals surface area contributed by atoms with Crippen molar-refractivity contribution in [3.05, 3.63) is 59.2 Å². The summed E-state index contributed by atoms with van der Waals surface area (Å²) in [5, 5.41) is 7.64. The third kappa shape index (κ3) is 3.31. The first-order valence-electron chi connectivity index (χ1n) is 9.14. The first kappa shape index (κ1) is 16.7. The van der Waals surface area contributed by atoms with Crippen LogP contribution in [0.2, 0.25) is 0 Å². The quantitative estimate of drug-likeness (QED) is 0.769. The third-order valence-electron chi connectivity index (χ3n) is 5.08. The Labute approximate surface area is 152 Å². The summed E-state index contributed by atoms with van der Waals surface area (Å²) in [6, 6.07) is 12.2. The Morgan fingerprint density at radius 3 is 2.69 bits per heavy atom. The van der Waals surface area contributed by atoms with Crippen LogP contribution in [0.15, 0.2) is 36.4 Å². The lowest BCUT2D eigenvalue weighted by Crippen LogP contribution is -2.37. The smallest absolute Gasteiger partial charge is 0.252 e. The van der Waals surface area contributed by atoms with Gasteiger partial charge >= 0.3 is 0 Å². The Bertz CT molecular complexity index is 930. The molecule has 2 aromatic heterocycles. The Balaban J connectivity index is 1.51. The molecule has 1 saturated carbocycles. The van der Waals surface area contributed by atoms with Crippen LogP contribution in [0, 0.1) is 19.8 Å². The van der Waals surface area contributed by atoms with E-state index >= 15 is 0 Å². The van der Waals surface area contributed by atoms with Gasteiger partial charge in [0.25, 0.3) is 5.78 Å². The predicted molar refractivity (Wildman–Crippen MR) is 98.6 cm³/mol. The van der Waals surface area contributed by atoms with E-state index in [-0.39, 0.29) is 18.4 Å². The standard InChI is InChI=1S/C20H23N5O/c1-13-11-14(2)25-20(21-13)22-17(24-25)12-18(26)23-19(16-9-6-10-16)15-7-4-3-5-8-15/h3-5,7-8,11,16,19H,6,9-10,12H2,1-2H3,(H,23,26). The molecule has 2 heterocycles. The van der Waals surface area contributed by atoms with Gasteiger partial charge in [-0.15, -0.1) is 5.10 Å². The van der Waals surface area contributed by atoms with Crippen molar-refractivity contribution in [1.82, 2.24) is 24.9 Å². The maximum atomic E-state index is 12.6. The molecule has 3 aromatic rings. The summed E-state index contributed by atoms with van der Waals surface area (Å²) in [6.45, 7) is 3.89. The van der Waals surface area contributed by atoms with E-state index in [1.54, 1.807) is 4.52 Å². The average Bonchev–Trinajstić information content (AvgIpc) is 2.96. The van der Waals surface area contributed by atoms with Crippen LogP contribution in [0.3, 0.4) is 0 Å². The maximum absolute atomic E-state index is 12.6. The van der Waals surface area contributed by atoms with Crippen molar-refractivity contribution in [3.8, 4) is 0 Å². The molecule has 4 rings (SSSR count). The number of aromatic nitrogens is 4. The highest BCUT2D eigenvalue weighted by atomic mass is 16.1. The lowest BCUT2D eigenvalue weighted by atomic mass is 9.77. The van der Waals surface area contributed by atoms with E-state index in [0.29, 0.717) is 17.5 Å². The van der Waals surface area contributed by atoms with Gasteiger partial charge in [-0.1, -0.05) is 36.8 Å². The van der Waals surface area contributed by atoms with Crippen molar-refractivity contribution in [3.63, 3.8) is 0 Å². The molecule has 1 fully saturated rings. The SMILES string of the molecule is Cc1cc(C)n2nc(CC(=O)NC(c3ccccc3)C3CCC3)nc2n1. The highest BCUT2D eigenvalue weighted by Gasteiger charge is 2.29. The molecule has 6 nitrogen and oxygen atoms in total. The number of benzene rings is 1. The second-order valence-electron chi connectivity index (χ2n) is 7.10. The molecule has 134 valence electrons. The number of nitrogens with one attached hydrogen (secondary N) is 1. The molecule has 1 aliphatic rings. The molecule has 1 N–H and O–H groups in total. The van der Waals surface area contributed by atoms with Crippen molar-refractivity contribution in [2.24, 2.45) is 5.92 Å². The minimum atomic E-state index is -0.0453. The first-order chi connectivity index (χ1) is 12.6. The summed E-state index contributed by atoms with van der Waals surface area (Å²) in [5.74, 6) is 1.52. The first-order valence-corrected chi connectivity index (χ1v) is 9.14. The Hall–Kier alpha value is -2.76. The van der Waals surface area contributed by atoms with Crippen LogP contribution in [0.25, 0.3) is 5.78 Å². The Morgan fingerprint density at radius 2 is 2.00 bits per heavy atom. The monoisotopic (exact) mass is 349 g/mol. The molecule has 0 radical (unpaired) electrons. The topological polar surface area (TPSA) is 72.2 Å². The van der Waals surface area contributed by atoms with Crippen molar-refractivity contribution < 1.29 is 4.79 Å². The van der Waals surface area contributed by atoms with Gasteiger partial charge in [-0.05, 0) is 44.2 Å². The van der Waals surface area contributed by atoms with Crippen LogP contribution in [0.1, 0.15) is 48.1 Å². The third-order valence-corrected chi connectivity index (χ3v) is 5.08. The second kappa shape index (κ2) is 6.86. The fourth-order valence-electron chi connectivity index (χ4n) is 3.56. The summed E-state index contributed by atoms with van der Waals surface area (Å²) in [4.78, 5) is 21.4. The lowest BCUT2D eigenvalue weighted by Gasteiger charge is -2.34. The molecule has 1 aliphatic carbocycles. The van der Waals surface area contributed by atoms with E-state index in [0.717, 1.165) is 24.2 Å².